The molecule has 0 fully saturated rings. The van der Waals surface area contributed by atoms with Crippen molar-refractivity contribution in [2.75, 3.05) is 13.1 Å². The first-order valence-corrected chi connectivity index (χ1v) is 20.5. The van der Waals surface area contributed by atoms with Crippen molar-refractivity contribution in [2.24, 2.45) is 0 Å². The molecule has 0 saturated carbocycles. The topological polar surface area (TPSA) is 237 Å². The number of likely N-dealkylation sites (N-methyl/N-ethyl adjacent to an activating group) is 1. The minimum atomic E-state index is -1.81. The summed E-state index contributed by atoms with van der Waals surface area (Å²) >= 11 is 0. The van der Waals surface area contributed by atoms with E-state index in [0.717, 1.165) is 41.7 Å². The zero-order valence-corrected chi connectivity index (χ0v) is 34.0. The smallest absolute Gasteiger partial charge is 0.345 e. The van der Waals surface area contributed by atoms with Crippen LogP contribution in [0, 0.1) is 0 Å². The molecule has 0 radical (unpaired) electrons. The van der Waals surface area contributed by atoms with Gasteiger partial charge in [-0.05, 0) is 132 Å². The number of rotatable bonds is 15. The summed E-state index contributed by atoms with van der Waals surface area (Å²) in [6.45, 7) is 6.13. The molecule has 60 heavy (non-hydrogen) atoms. The van der Waals surface area contributed by atoms with Crippen LogP contribution in [0.1, 0.15) is 116 Å². The van der Waals surface area contributed by atoms with Crippen molar-refractivity contribution in [3.05, 3.63) is 87.5 Å². The maximum absolute atomic E-state index is 14.0. The zero-order chi connectivity index (χ0) is 43.4. The van der Waals surface area contributed by atoms with E-state index in [2.05, 4.69) is 5.32 Å². The molecule has 13 nitrogen and oxygen atoms in total. The normalized spacial score (nSPS) is 15.8. The van der Waals surface area contributed by atoms with Crippen LogP contribution in [0.4, 0.5) is 0 Å². The van der Waals surface area contributed by atoms with Crippen LogP contribution in [0.5, 0.6) is 46.0 Å². The maximum atomic E-state index is 14.0. The lowest BCUT2D eigenvalue weighted by Crippen LogP contribution is -2.38. The van der Waals surface area contributed by atoms with Gasteiger partial charge >= 0.3 is 11.9 Å². The molecule has 0 aliphatic heterocycles. The van der Waals surface area contributed by atoms with Gasteiger partial charge in [0, 0.05) is 35.2 Å². The number of allylic oxidation sites excluding steroid dienone is 2. The van der Waals surface area contributed by atoms with E-state index in [1.54, 1.807) is 19.1 Å². The lowest BCUT2D eigenvalue weighted by Gasteiger charge is -2.30. The van der Waals surface area contributed by atoms with Crippen LogP contribution >= 0.6 is 0 Å². The van der Waals surface area contributed by atoms with Crippen LogP contribution < -0.4 is 5.32 Å². The van der Waals surface area contributed by atoms with E-state index in [-0.39, 0.29) is 41.0 Å². The average Bonchev–Trinajstić information content (AvgIpc) is 3.42. The number of ether oxygens (including phenoxy) is 1. The number of nitrogens with one attached hydrogen (secondary N) is 1. The Balaban J connectivity index is 1.52. The number of carbonyl (C=O) groups excluding carboxylic acids is 1. The fraction of sp³-hybridized carbons (Fsp3) is 0.362. The van der Waals surface area contributed by atoms with E-state index >= 15 is 0 Å². The number of phenols is 8. The number of benzene rings is 4. The second-order valence-electron chi connectivity index (χ2n) is 15.5. The number of fused-ring (bicyclic) bond motifs is 4. The van der Waals surface area contributed by atoms with Gasteiger partial charge in [-0.15, -0.1) is 0 Å². The van der Waals surface area contributed by atoms with E-state index in [0.29, 0.717) is 90.4 Å². The number of aliphatic carboxylic acids is 1. The first-order valence-electron chi connectivity index (χ1n) is 20.5. The summed E-state index contributed by atoms with van der Waals surface area (Å²) in [5.74, 6) is -7.26. The third kappa shape index (κ3) is 8.53. The van der Waals surface area contributed by atoms with Crippen molar-refractivity contribution in [3.8, 4) is 57.1 Å². The summed E-state index contributed by atoms with van der Waals surface area (Å²) in [4.78, 5) is 26.8. The van der Waals surface area contributed by atoms with Crippen molar-refractivity contribution >= 4 is 29.2 Å². The molecule has 0 unspecified atom stereocenters. The van der Waals surface area contributed by atoms with Crippen molar-refractivity contribution in [1.82, 2.24) is 5.32 Å². The van der Waals surface area contributed by atoms with E-state index in [1.165, 1.54) is 18.2 Å². The van der Waals surface area contributed by atoms with Crippen LogP contribution in [0.15, 0.2) is 48.5 Å². The summed E-state index contributed by atoms with van der Waals surface area (Å²) in [6, 6.07) is 10.3. The standard InChI is InChI=1S/C47H53NO12/c1-4-7-8-11-25(20-40(54)60-46(47(58)59)34(23-48-6-3)27-18-36(50)44(56)37(51)19-27)31-21-39(53)45(57)41-24(5-2)16-26(17-33(31)41)32-22-38(52)43(55)30-14-9-12-28-29(42(30)32)13-10-15-35(28)49/h10,13,15,17-22,24,34,46,48-53,55-57H,4-9,11-12,14,16,23H2,1-3H3,(H,58,59)/t24-,34+,46+/m0/s1. The van der Waals surface area contributed by atoms with Gasteiger partial charge in [-0.3, -0.25) is 0 Å². The maximum Gasteiger partial charge on any atom is 0.345 e. The van der Waals surface area contributed by atoms with Gasteiger partial charge < -0.3 is 56.0 Å². The second-order valence-corrected chi connectivity index (χ2v) is 15.5. The Labute approximate surface area is 348 Å². The third-order valence-corrected chi connectivity index (χ3v) is 11.7. The number of esters is 1. The van der Waals surface area contributed by atoms with Crippen molar-refractivity contribution in [2.45, 2.75) is 96.5 Å². The van der Waals surface area contributed by atoms with E-state index in [4.69, 9.17) is 4.74 Å². The molecule has 0 saturated heterocycles. The van der Waals surface area contributed by atoms with Gasteiger partial charge in [0.15, 0.2) is 40.2 Å². The third-order valence-electron chi connectivity index (χ3n) is 11.7. The molecule has 0 spiro atoms. The molecule has 318 valence electrons. The predicted octanol–water partition coefficient (Wildman–Crippen LogP) is 8.28. The first kappa shape index (κ1) is 43.2. The molecule has 6 rings (SSSR count). The SMILES string of the molecule is CCCCCC(=CC(=O)O[C@@H](C(=O)O)[C@H](CNCC)c1cc(O)c(O)c(O)c1)c1cc(O)c(O)c2c1C=C(c1cc(O)c(O)c3c1-c1cccc(O)c1CCC3)C[C@@H]2CC. The van der Waals surface area contributed by atoms with Crippen LogP contribution in [0.2, 0.25) is 0 Å². The lowest BCUT2D eigenvalue weighted by atomic mass is 9.74. The minimum absolute atomic E-state index is 0.0383. The van der Waals surface area contributed by atoms with Gasteiger partial charge in [0.05, 0.1) is 0 Å². The quantitative estimate of drug-likeness (QED) is 0.0235. The number of carboxylic acids is 1. The molecule has 0 bridgehead atoms. The highest BCUT2D eigenvalue weighted by molar-refractivity contribution is 6.00. The van der Waals surface area contributed by atoms with Crippen molar-refractivity contribution in [1.29, 1.82) is 0 Å². The summed E-state index contributed by atoms with van der Waals surface area (Å²) in [6.07, 6.45) is 6.25. The number of hydrogen-bond acceptors (Lipinski definition) is 12. The van der Waals surface area contributed by atoms with E-state index in [1.807, 2.05) is 26.0 Å². The Hall–Kier alpha value is -6.34. The highest BCUT2D eigenvalue weighted by Gasteiger charge is 2.35. The number of carboxylic acid groups (broad SMARTS) is 1. The monoisotopic (exact) mass is 823 g/mol. The molecule has 4 aromatic carbocycles. The number of hydrogen-bond donors (Lipinski definition) is 10. The average molecular weight is 824 g/mol. The molecule has 0 aromatic heterocycles. The number of unbranched alkanes of at least 4 members (excludes halogenated alkanes) is 2. The molecular weight excluding hydrogens is 771 g/mol. The van der Waals surface area contributed by atoms with Crippen LogP contribution in [0.25, 0.3) is 28.3 Å². The van der Waals surface area contributed by atoms with Crippen molar-refractivity contribution in [3.63, 3.8) is 0 Å². The van der Waals surface area contributed by atoms with Gasteiger partial charge in [0.25, 0.3) is 0 Å². The Bertz CT molecular complexity index is 2340. The van der Waals surface area contributed by atoms with Gasteiger partial charge in [0.1, 0.15) is 5.75 Å². The highest BCUT2D eigenvalue weighted by Crippen LogP contribution is 2.54. The summed E-state index contributed by atoms with van der Waals surface area (Å²) < 4.78 is 5.69. The zero-order valence-electron chi connectivity index (χ0n) is 34.0. The second kappa shape index (κ2) is 18.3. The summed E-state index contributed by atoms with van der Waals surface area (Å²) in [5, 5.41) is 99.7. The molecule has 4 aromatic rings. The van der Waals surface area contributed by atoms with Gasteiger partial charge in [-0.25, -0.2) is 9.59 Å². The summed E-state index contributed by atoms with van der Waals surface area (Å²) in [7, 11) is 0. The number of phenolic OH excluding ortho intramolecular Hbond substituents is 8. The van der Waals surface area contributed by atoms with Crippen molar-refractivity contribution < 1.29 is 60.3 Å². The Morgan fingerprint density at radius 3 is 2.17 bits per heavy atom. The first-order chi connectivity index (χ1) is 28.7. The van der Waals surface area contributed by atoms with Gasteiger partial charge in [-0.1, -0.05) is 51.8 Å². The largest absolute Gasteiger partial charge is 0.508 e. The minimum Gasteiger partial charge on any atom is -0.508 e. The van der Waals surface area contributed by atoms with E-state index in [9.17, 15) is 55.5 Å². The molecule has 2 aliphatic carbocycles. The van der Waals surface area contributed by atoms with Crippen LogP contribution in [0.3, 0.4) is 0 Å². The van der Waals surface area contributed by atoms with Crippen LogP contribution in [-0.4, -0.2) is 77.1 Å². The fourth-order valence-corrected chi connectivity index (χ4v) is 8.69. The molecule has 2 aliphatic rings. The van der Waals surface area contributed by atoms with Gasteiger partial charge in [0.2, 0.25) is 6.10 Å². The molecule has 13 heteroatoms. The summed E-state index contributed by atoms with van der Waals surface area (Å²) in [5.41, 5.74) is 5.90. The molecule has 0 amide bonds. The number of carbonyl (C=O) groups is 2. The molecule has 10 N–H and O–H groups in total. The van der Waals surface area contributed by atoms with Gasteiger partial charge in [-0.2, -0.15) is 0 Å². The Morgan fingerprint density at radius 1 is 0.817 bits per heavy atom. The lowest BCUT2D eigenvalue weighted by molar-refractivity contribution is -0.162. The van der Waals surface area contributed by atoms with Crippen LogP contribution in [-0.2, 0) is 27.2 Å². The highest BCUT2D eigenvalue weighted by atomic mass is 16.6. The van der Waals surface area contributed by atoms with E-state index < -0.39 is 47.0 Å². The molecular formula is C47H53NO12. The fourth-order valence-electron chi connectivity index (χ4n) is 8.69. The molecule has 0 heterocycles. The Kier molecular flexibility index (Phi) is 13.2. The number of aromatic hydroxyl groups is 8. The predicted molar refractivity (Wildman–Crippen MR) is 227 cm³/mol. The Morgan fingerprint density at radius 2 is 1.50 bits per heavy atom. The molecule has 3 atom stereocenters.